The Bertz CT molecular complexity index is 1090. The van der Waals surface area contributed by atoms with Crippen molar-refractivity contribution in [3.05, 3.63) is 69.2 Å². The van der Waals surface area contributed by atoms with Crippen LogP contribution in [0, 0.1) is 0 Å². The molecule has 2 heterocycles. The molecule has 1 saturated heterocycles. The SMILES string of the molecule is O=c1[nH]c(C[NH+]2CCN(c3cccc(C(F)(F)F)c3)CC2)nc2cc(Cl)ccc12. The Kier molecular flexibility index (Phi) is 5.23. The minimum atomic E-state index is -4.35. The van der Waals surface area contributed by atoms with Crippen molar-refractivity contribution in [3.8, 4) is 0 Å². The highest BCUT2D eigenvalue weighted by Gasteiger charge is 2.31. The number of benzene rings is 2. The van der Waals surface area contributed by atoms with Gasteiger partial charge in [0.05, 0.1) is 42.6 Å². The summed E-state index contributed by atoms with van der Waals surface area (Å²) in [5, 5.41) is 1.01. The third kappa shape index (κ3) is 4.38. The highest BCUT2D eigenvalue weighted by Crippen LogP contribution is 2.31. The van der Waals surface area contributed by atoms with E-state index in [1.54, 1.807) is 24.3 Å². The zero-order valence-electron chi connectivity index (χ0n) is 15.4. The molecular formula is C20H19ClF3N4O+. The number of hydrogen-bond donors (Lipinski definition) is 2. The largest absolute Gasteiger partial charge is 0.416 e. The Morgan fingerprint density at radius 3 is 2.62 bits per heavy atom. The predicted octanol–water partition coefficient (Wildman–Crippen LogP) is 2.50. The summed E-state index contributed by atoms with van der Waals surface area (Å²) >= 11 is 6.00. The first-order chi connectivity index (χ1) is 13.8. The van der Waals surface area contributed by atoms with Gasteiger partial charge in [0.2, 0.25) is 0 Å². The summed E-state index contributed by atoms with van der Waals surface area (Å²) in [6.07, 6.45) is -4.35. The van der Waals surface area contributed by atoms with Crippen molar-refractivity contribution in [1.29, 1.82) is 0 Å². The highest BCUT2D eigenvalue weighted by molar-refractivity contribution is 6.31. The van der Waals surface area contributed by atoms with Crippen molar-refractivity contribution >= 4 is 28.2 Å². The van der Waals surface area contributed by atoms with Crippen LogP contribution >= 0.6 is 11.6 Å². The zero-order chi connectivity index (χ0) is 20.6. The lowest BCUT2D eigenvalue weighted by molar-refractivity contribution is -0.915. The lowest BCUT2D eigenvalue weighted by atomic mass is 10.1. The van der Waals surface area contributed by atoms with Crippen LogP contribution in [0.3, 0.4) is 0 Å². The molecule has 0 amide bonds. The summed E-state index contributed by atoms with van der Waals surface area (Å²) in [7, 11) is 0. The number of nitrogens with one attached hydrogen (secondary N) is 2. The Hall–Kier alpha value is -2.58. The van der Waals surface area contributed by atoms with E-state index in [-0.39, 0.29) is 5.56 Å². The normalized spacial score (nSPS) is 15.8. The number of quaternary nitrogens is 1. The molecule has 5 nitrogen and oxygen atoms in total. The van der Waals surface area contributed by atoms with Crippen LogP contribution in [-0.2, 0) is 12.7 Å². The van der Waals surface area contributed by atoms with Gasteiger partial charge in [0.25, 0.3) is 5.56 Å². The molecule has 1 aliphatic rings. The van der Waals surface area contributed by atoms with E-state index < -0.39 is 11.7 Å². The molecule has 1 aliphatic heterocycles. The van der Waals surface area contributed by atoms with Gasteiger partial charge in [-0.2, -0.15) is 13.2 Å². The van der Waals surface area contributed by atoms with Crippen LogP contribution in [0.25, 0.3) is 10.9 Å². The summed E-state index contributed by atoms with van der Waals surface area (Å²) in [5.74, 6) is 0.576. The second kappa shape index (κ2) is 7.68. The minimum Gasteiger partial charge on any atom is -0.360 e. The van der Waals surface area contributed by atoms with Crippen LogP contribution < -0.4 is 15.4 Å². The fourth-order valence-electron chi connectivity index (χ4n) is 3.62. The number of alkyl halides is 3. The maximum atomic E-state index is 12.9. The molecule has 1 fully saturated rings. The standard InChI is InChI=1S/C20H18ClF3N4O/c21-14-4-5-16-17(11-14)25-18(26-19(16)29)12-27-6-8-28(9-7-27)15-3-1-2-13(10-15)20(22,23)24/h1-5,10-11H,6-9,12H2,(H,25,26,29)/p+1. The smallest absolute Gasteiger partial charge is 0.360 e. The van der Waals surface area contributed by atoms with Gasteiger partial charge in [-0.3, -0.25) is 4.79 Å². The van der Waals surface area contributed by atoms with Gasteiger partial charge in [-0.15, -0.1) is 0 Å². The Balaban J connectivity index is 1.44. The molecule has 0 radical (unpaired) electrons. The van der Waals surface area contributed by atoms with Gasteiger partial charge in [0.15, 0.2) is 5.82 Å². The predicted molar refractivity (Wildman–Crippen MR) is 105 cm³/mol. The summed E-state index contributed by atoms with van der Waals surface area (Å²) in [4.78, 5) is 22.7. The molecule has 9 heteroatoms. The molecule has 2 aromatic carbocycles. The van der Waals surface area contributed by atoms with Crippen LogP contribution in [0.5, 0.6) is 0 Å². The molecule has 152 valence electrons. The number of aromatic amines is 1. The Labute approximate surface area is 169 Å². The summed E-state index contributed by atoms with van der Waals surface area (Å²) in [6.45, 7) is 3.25. The molecule has 2 N–H and O–H groups in total. The highest BCUT2D eigenvalue weighted by atomic mass is 35.5. The van der Waals surface area contributed by atoms with Gasteiger partial charge in [-0.05, 0) is 36.4 Å². The quantitative estimate of drug-likeness (QED) is 0.680. The maximum Gasteiger partial charge on any atom is 0.416 e. The first kappa shape index (κ1) is 19.7. The number of aromatic nitrogens is 2. The second-order valence-electron chi connectivity index (χ2n) is 7.14. The van der Waals surface area contributed by atoms with Crippen LogP contribution in [0.1, 0.15) is 11.4 Å². The van der Waals surface area contributed by atoms with E-state index in [1.807, 2.05) is 4.90 Å². The van der Waals surface area contributed by atoms with Gasteiger partial charge in [-0.25, -0.2) is 4.98 Å². The van der Waals surface area contributed by atoms with Crippen LogP contribution in [0.15, 0.2) is 47.3 Å². The van der Waals surface area contributed by atoms with Crippen molar-refractivity contribution < 1.29 is 18.1 Å². The van der Waals surface area contributed by atoms with E-state index in [2.05, 4.69) is 9.97 Å². The molecular weight excluding hydrogens is 405 g/mol. The first-order valence-corrected chi connectivity index (χ1v) is 9.61. The molecule has 0 atom stereocenters. The molecule has 0 aliphatic carbocycles. The fourth-order valence-corrected chi connectivity index (χ4v) is 3.78. The maximum absolute atomic E-state index is 12.9. The molecule has 1 aromatic heterocycles. The zero-order valence-corrected chi connectivity index (χ0v) is 16.1. The number of fused-ring (bicyclic) bond motifs is 1. The summed E-state index contributed by atoms with van der Waals surface area (Å²) < 4.78 is 38.8. The number of rotatable bonds is 3. The van der Waals surface area contributed by atoms with Crippen molar-refractivity contribution in [2.75, 3.05) is 31.1 Å². The van der Waals surface area contributed by atoms with Gasteiger partial charge in [0.1, 0.15) is 6.54 Å². The summed E-state index contributed by atoms with van der Waals surface area (Å²) in [6, 6.07) is 10.4. The Morgan fingerprint density at radius 2 is 1.90 bits per heavy atom. The van der Waals surface area contributed by atoms with E-state index in [0.29, 0.717) is 47.1 Å². The number of anilines is 1. The number of halogens is 4. The van der Waals surface area contributed by atoms with Gasteiger partial charge in [-0.1, -0.05) is 17.7 Å². The molecule has 0 unspecified atom stereocenters. The molecule has 0 bridgehead atoms. The average molecular weight is 424 g/mol. The van der Waals surface area contributed by atoms with Gasteiger partial charge in [0, 0.05) is 10.7 Å². The third-order valence-corrected chi connectivity index (χ3v) is 5.38. The van der Waals surface area contributed by atoms with Crippen LogP contribution in [0.2, 0.25) is 5.02 Å². The average Bonchev–Trinajstić information content (AvgIpc) is 2.68. The van der Waals surface area contributed by atoms with E-state index in [4.69, 9.17) is 11.6 Å². The third-order valence-electron chi connectivity index (χ3n) is 5.14. The topological polar surface area (TPSA) is 53.4 Å². The van der Waals surface area contributed by atoms with Crippen LogP contribution in [-0.4, -0.2) is 36.1 Å². The van der Waals surface area contributed by atoms with E-state index in [9.17, 15) is 18.0 Å². The van der Waals surface area contributed by atoms with E-state index in [1.165, 1.54) is 17.0 Å². The molecule has 4 rings (SSSR count). The number of nitrogens with zero attached hydrogens (tertiary/aromatic N) is 2. The van der Waals surface area contributed by atoms with Crippen molar-refractivity contribution in [2.45, 2.75) is 12.7 Å². The number of hydrogen-bond acceptors (Lipinski definition) is 3. The molecule has 0 spiro atoms. The first-order valence-electron chi connectivity index (χ1n) is 9.24. The molecule has 3 aromatic rings. The van der Waals surface area contributed by atoms with Crippen LogP contribution in [0.4, 0.5) is 18.9 Å². The second-order valence-corrected chi connectivity index (χ2v) is 7.57. The number of H-pyrrole nitrogens is 1. The van der Waals surface area contributed by atoms with Gasteiger partial charge < -0.3 is 14.8 Å². The van der Waals surface area contributed by atoms with Crippen molar-refractivity contribution in [1.82, 2.24) is 9.97 Å². The van der Waals surface area contributed by atoms with Crippen molar-refractivity contribution in [2.24, 2.45) is 0 Å². The molecule has 0 saturated carbocycles. The van der Waals surface area contributed by atoms with E-state index >= 15 is 0 Å². The lowest BCUT2D eigenvalue weighted by Crippen LogP contribution is -3.13. The minimum absolute atomic E-state index is 0.205. The summed E-state index contributed by atoms with van der Waals surface area (Å²) in [5.41, 5.74) is 0.286. The van der Waals surface area contributed by atoms with E-state index in [0.717, 1.165) is 19.2 Å². The fraction of sp³-hybridized carbons (Fsp3) is 0.300. The lowest BCUT2D eigenvalue weighted by Gasteiger charge is -2.33. The van der Waals surface area contributed by atoms with Gasteiger partial charge >= 0.3 is 6.18 Å². The Morgan fingerprint density at radius 1 is 1.14 bits per heavy atom. The number of piperazine rings is 1. The van der Waals surface area contributed by atoms with Crippen molar-refractivity contribution in [3.63, 3.8) is 0 Å². The monoisotopic (exact) mass is 423 g/mol. The molecule has 29 heavy (non-hydrogen) atoms.